The van der Waals surface area contributed by atoms with E-state index in [1.54, 1.807) is 12.4 Å². The van der Waals surface area contributed by atoms with Crippen LogP contribution in [0.5, 0.6) is 0 Å². The summed E-state index contributed by atoms with van der Waals surface area (Å²) < 4.78 is 0. The molecule has 0 saturated heterocycles. The monoisotopic (exact) mass is 66.0 g/mol. The predicted octanol–water partition coefficient (Wildman–Crippen LogP) is 0.254. The van der Waals surface area contributed by atoms with Gasteiger partial charge in [-0.3, -0.25) is 4.90 Å². The van der Waals surface area contributed by atoms with E-state index in [-0.39, 0.29) is 0 Å². The molecule has 0 spiro atoms. The van der Waals surface area contributed by atoms with E-state index in [2.05, 4.69) is 0 Å². The van der Waals surface area contributed by atoms with Gasteiger partial charge in [0.25, 0.3) is 0 Å². The molecule has 0 aromatic rings. The standard InChI is InChI=1S/C3H2N2/c4-3-5-1-2-5/h1-2H. The molecule has 0 N–H and O–H groups in total. The van der Waals surface area contributed by atoms with Gasteiger partial charge in [0.1, 0.15) is 0 Å². The topological polar surface area (TPSA) is 26.8 Å². The quantitative estimate of drug-likeness (QED) is 0.379. The highest BCUT2D eigenvalue weighted by molar-refractivity contribution is 5.08. The molecule has 0 fully saturated rings. The van der Waals surface area contributed by atoms with Gasteiger partial charge in [-0.05, 0) is 0 Å². The van der Waals surface area contributed by atoms with E-state index in [4.69, 9.17) is 5.26 Å². The predicted molar refractivity (Wildman–Crippen MR) is 16.6 cm³/mol. The van der Waals surface area contributed by atoms with Crippen LogP contribution in [0.25, 0.3) is 0 Å². The highest BCUT2D eigenvalue weighted by Crippen LogP contribution is 2.00. The molecule has 0 saturated carbocycles. The fourth-order valence-corrected chi connectivity index (χ4v) is 0.100. The van der Waals surface area contributed by atoms with Crippen LogP contribution < -0.4 is 0 Å². The summed E-state index contributed by atoms with van der Waals surface area (Å²) in [7, 11) is 0. The second kappa shape index (κ2) is 0.494. The van der Waals surface area contributed by atoms with Crippen molar-refractivity contribution in [3.63, 3.8) is 0 Å². The molecule has 5 heavy (non-hydrogen) atoms. The lowest BCUT2D eigenvalue weighted by atomic mass is 11.2. The van der Waals surface area contributed by atoms with Gasteiger partial charge in [-0.2, -0.15) is 5.26 Å². The van der Waals surface area contributed by atoms with Crippen molar-refractivity contribution in [1.82, 2.24) is 4.90 Å². The van der Waals surface area contributed by atoms with E-state index in [9.17, 15) is 0 Å². The minimum Gasteiger partial charge on any atom is -0.259 e. The molecule has 0 amide bonds. The number of hydrogen-bond donors (Lipinski definition) is 0. The zero-order valence-corrected chi connectivity index (χ0v) is 2.55. The van der Waals surface area contributed by atoms with Crippen molar-refractivity contribution in [1.29, 1.82) is 5.26 Å². The van der Waals surface area contributed by atoms with Gasteiger partial charge in [-0.15, -0.1) is 0 Å². The third-order valence-electron chi connectivity index (χ3n) is 0.414. The summed E-state index contributed by atoms with van der Waals surface area (Å²) in [5.74, 6) is 0. The Kier molecular flexibility index (Phi) is 0.225. The van der Waals surface area contributed by atoms with Crippen LogP contribution in [0.2, 0.25) is 0 Å². The maximum Gasteiger partial charge on any atom is 0.188 e. The second-order valence-electron chi connectivity index (χ2n) is 0.805. The number of nitriles is 1. The fraction of sp³-hybridized carbons (Fsp3) is 0. The third kappa shape index (κ3) is 0.198. The van der Waals surface area contributed by atoms with Gasteiger partial charge in [0.2, 0.25) is 0 Å². The van der Waals surface area contributed by atoms with Crippen LogP contribution in [0.1, 0.15) is 0 Å². The fourth-order valence-electron chi connectivity index (χ4n) is 0.100. The van der Waals surface area contributed by atoms with Gasteiger partial charge >= 0.3 is 0 Å². The highest BCUT2D eigenvalue weighted by atomic mass is 15.2. The summed E-state index contributed by atoms with van der Waals surface area (Å²) in [5, 5.41) is 7.82. The van der Waals surface area contributed by atoms with Crippen LogP contribution in [-0.2, 0) is 0 Å². The maximum absolute atomic E-state index is 7.82. The molecule has 0 radical (unpaired) electrons. The number of nitrogens with zero attached hydrogens (tertiary/aromatic N) is 2. The van der Waals surface area contributed by atoms with Crippen LogP contribution in [0.3, 0.4) is 0 Å². The summed E-state index contributed by atoms with van der Waals surface area (Å²) in [6.45, 7) is 0. The summed E-state index contributed by atoms with van der Waals surface area (Å²) >= 11 is 0. The average molecular weight is 66.1 g/mol. The number of hydrogen-bond acceptors (Lipinski definition) is 2. The van der Waals surface area contributed by atoms with E-state index < -0.39 is 0 Å². The highest BCUT2D eigenvalue weighted by Gasteiger charge is 1.98. The third-order valence-corrected chi connectivity index (χ3v) is 0.414. The molecule has 24 valence electrons. The van der Waals surface area contributed by atoms with Crippen LogP contribution in [0.4, 0.5) is 0 Å². The van der Waals surface area contributed by atoms with Gasteiger partial charge in [0.15, 0.2) is 6.19 Å². The van der Waals surface area contributed by atoms with Crippen LogP contribution >= 0.6 is 0 Å². The molecule has 2 heteroatoms. The molecule has 0 aromatic heterocycles. The largest absolute Gasteiger partial charge is 0.259 e. The van der Waals surface area contributed by atoms with E-state index in [1.165, 1.54) is 4.90 Å². The molecule has 0 aromatic carbocycles. The zero-order valence-electron chi connectivity index (χ0n) is 2.55. The van der Waals surface area contributed by atoms with Crippen LogP contribution in [0, 0.1) is 11.5 Å². The first-order chi connectivity index (χ1) is 2.43. The lowest BCUT2D eigenvalue weighted by molar-refractivity contribution is 0.864. The van der Waals surface area contributed by atoms with Crippen molar-refractivity contribution in [2.24, 2.45) is 0 Å². The molecule has 2 nitrogen and oxygen atoms in total. The van der Waals surface area contributed by atoms with Gasteiger partial charge in [-0.25, -0.2) is 0 Å². The van der Waals surface area contributed by atoms with Crippen molar-refractivity contribution < 1.29 is 0 Å². The normalized spacial score (nSPS) is 14.6. The molecule has 0 unspecified atom stereocenters. The van der Waals surface area contributed by atoms with E-state index in [1.807, 2.05) is 6.19 Å². The Bertz CT molecular complexity index is 92.0. The first-order valence-corrected chi connectivity index (χ1v) is 1.30. The Labute approximate surface area is 29.9 Å². The van der Waals surface area contributed by atoms with Crippen LogP contribution in [-0.4, -0.2) is 4.90 Å². The Morgan fingerprint density at radius 1 is 1.60 bits per heavy atom. The van der Waals surface area contributed by atoms with Crippen molar-refractivity contribution in [2.75, 3.05) is 0 Å². The zero-order chi connectivity index (χ0) is 3.70. The summed E-state index contributed by atoms with van der Waals surface area (Å²) in [4.78, 5) is 1.43. The SMILES string of the molecule is N#CN1C=C1. The Balaban J connectivity index is 2.37. The first-order valence-electron chi connectivity index (χ1n) is 1.30. The molecule has 1 aliphatic heterocycles. The average Bonchev–Trinajstić information content (AvgIpc) is 2.12. The minimum absolute atomic E-state index is 1.43. The van der Waals surface area contributed by atoms with Gasteiger partial charge in [0, 0.05) is 12.4 Å². The van der Waals surface area contributed by atoms with E-state index in [0.717, 1.165) is 0 Å². The van der Waals surface area contributed by atoms with E-state index >= 15 is 0 Å². The number of rotatable bonds is 0. The second-order valence-corrected chi connectivity index (χ2v) is 0.805. The Morgan fingerprint density at radius 2 is 2.20 bits per heavy atom. The molecule has 1 rings (SSSR count). The molecule has 0 aliphatic carbocycles. The smallest absolute Gasteiger partial charge is 0.188 e. The van der Waals surface area contributed by atoms with Crippen molar-refractivity contribution >= 4 is 0 Å². The van der Waals surface area contributed by atoms with Gasteiger partial charge < -0.3 is 0 Å². The summed E-state index contributed by atoms with van der Waals surface area (Å²) in [6.07, 6.45) is 5.25. The lowest BCUT2D eigenvalue weighted by Crippen LogP contribution is -1.73. The Hall–Kier alpha value is -0.970. The van der Waals surface area contributed by atoms with Crippen molar-refractivity contribution in [3.8, 4) is 6.19 Å². The van der Waals surface area contributed by atoms with Gasteiger partial charge in [-0.1, -0.05) is 0 Å². The van der Waals surface area contributed by atoms with Gasteiger partial charge in [0.05, 0.1) is 0 Å². The lowest BCUT2D eigenvalue weighted by Gasteiger charge is -1.69. The molecule has 0 bridgehead atoms. The molecular formula is C3H2N2. The van der Waals surface area contributed by atoms with E-state index in [0.29, 0.717) is 0 Å². The Morgan fingerprint density at radius 3 is 2.20 bits per heavy atom. The van der Waals surface area contributed by atoms with Crippen molar-refractivity contribution in [2.45, 2.75) is 0 Å². The minimum atomic E-state index is 1.43. The summed E-state index contributed by atoms with van der Waals surface area (Å²) in [6, 6.07) is 0. The molecule has 0 atom stereocenters. The maximum atomic E-state index is 7.82. The van der Waals surface area contributed by atoms with Crippen LogP contribution in [0.15, 0.2) is 12.4 Å². The molecule has 1 heterocycles. The first kappa shape index (κ1) is 2.28. The van der Waals surface area contributed by atoms with Crippen molar-refractivity contribution in [3.05, 3.63) is 12.4 Å². The summed E-state index contributed by atoms with van der Waals surface area (Å²) in [5.41, 5.74) is 0. The molecule has 1 aliphatic rings. The molecular weight excluding hydrogens is 64.0 g/mol.